The number of benzene rings is 2. The van der Waals surface area contributed by atoms with E-state index in [1.54, 1.807) is 0 Å². The first-order valence-electron chi connectivity index (χ1n) is 19.3. The fraction of sp³-hybridized carbons (Fsp3) is 0.429. The van der Waals surface area contributed by atoms with Crippen LogP contribution in [0.4, 0.5) is 0 Å². The number of hydrogen-bond acceptors (Lipinski definition) is 6. The molecule has 7 aliphatic heterocycles. The first-order chi connectivity index (χ1) is 25.4. The highest BCUT2D eigenvalue weighted by molar-refractivity contribution is 6.38. The van der Waals surface area contributed by atoms with E-state index in [1.165, 1.54) is 32.1 Å². The van der Waals surface area contributed by atoms with Crippen LogP contribution in [0.1, 0.15) is 86.7 Å². The highest BCUT2D eigenvalue weighted by atomic mass is 16.2. The minimum absolute atomic E-state index is 0.308. The molecule has 10 nitrogen and oxygen atoms in total. The second kappa shape index (κ2) is 13.5. The molecule has 2 saturated heterocycles. The molecule has 0 unspecified atom stereocenters. The molecule has 2 aromatic heterocycles. The van der Waals surface area contributed by atoms with Crippen molar-refractivity contribution >= 4 is 56.6 Å². The molecule has 0 aliphatic carbocycles. The van der Waals surface area contributed by atoms with Gasteiger partial charge in [0.2, 0.25) is 0 Å². The van der Waals surface area contributed by atoms with Crippen LogP contribution in [0.5, 0.6) is 0 Å². The second-order valence-electron chi connectivity index (χ2n) is 15.4. The van der Waals surface area contributed by atoms with Crippen LogP contribution < -0.4 is 10.6 Å². The number of nitrogens with one attached hydrogen (secondary N) is 4. The van der Waals surface area contributed by atoms with E-state index in [-0.39, 0.29) is 23.6 Å². The molecule has 4 aromatic rings. The topological polar surface area (TPSA) is 130 Å². The Labute approximate surface area is 303 Å². The maximum atomic E-state index is 13.7. The number of aromatic amines is 2. The molecule has 11 rings (SSSR count). The van der Waals surface area contributed by atoms with Gasteiger partial charge in [-0.05, 0) is 68.9 Å². The standard InChI is InChI=1S/C42H46N6O4/c49-39-35-33-27-11-4-6-13-29(27)43-31(33)15-8-16-32-34(28-12-5-7-14-30(28)44-32)36-38(42(52)46-40(36)50)48-23-19-26(20-24-48)10-3-1-2-9-25-17-21-47(22-18-25)37(35)41(51)45-39/h4-7,11-14,25-26,43-44H,1-3,8-10,15-24H2,(H,45,49,51)(H,46,50,52). The minimum Gasteiger partial charge on any atom is -0.366 e. The fourth-order valence-electron chi connectivity index (χ4n) is 9.68. The highest BCUT2D eigenvalue weighted by Gasteiger charge is 2.40. The molecular weight excluding hydrogens is 652 g/mol. The summed E-state index contributed by atoms with van der Waals surface area (Å²) in [4.78, 5) is 65.8. The van der Waals surface area contributed by atoms with Crippen molar-refractivity contribution < 1.29 is 19.2 Å². The number of amides is 4. The van der Waals surface area contributed by atoms with Crippen LogP contribution in [0.3, 0.4) is 0 Å². The zero-order chi connectivity index (χ0) is 35.3. The number of piperidine rings is 2. The maximum absolute atomic E-state index is 13.7. The number of imide groups is 2. The van der Waals surface area contributed by atoms with Gasteiger partial charge in [0.1, 0.15) is 11.4 Å². The lowest BCUT2D eigenvalue weighted by atomic mass is 9.88. The first kappa shape index (κ1) is 32.8. The summed E-state index contributed by atoms with van der Waals surface area (Å²) in [6, 6.07) is 16.0. The van der Waals surface area contributed by atoms with E-state index in [1.807, 2.05) is 48.5 Å². The van der Waals surface area contributed by atoms with E-state index >= 15 is 0 Å². The molecule has 4 bridgehead atoms. The molecule has 268 valence electrons. The lowest BCUT2D eigenvalue weighted by molar-refractivity contribution is -0.126. The number of rotatable bonds is 0. The highest BCUT2D eigenvalue weighted by Crippen LogP contribution is 2.39. The van der Waals surface area contributed by atoms with Gasteiger partial charge in [0.15, 0.2) is 0 Å². The number of hydrogen-bond donors (Lipinski definition) is 4. The van der Waals surface area contributed by atoms with Crippen LogP contribution in [-0.2, 0) is 32.0 Å². The average Bonchev–Trinajstić information content (AvgIpc) is 3.86. The number of aryl methyl sites for hydroxylation is 2. The zero-order valence-corrected chi connectivity index (χ0v) is 29.6. The maximum Gasteiger partial charge on any atom is 0.275 e. The first-order valence-corrected chi connectivity index (χ1v) is 19.3. The summed E-state index contributed by atoms with van der Waals surface area (Å²) < 4.78 is 0. The average molecular weight is 699 g/mol. The summed E-state index contributed by atoms with van der Waals surface area (Å²) in [5.41, 5.74) is 7.23. The Balaban J connectivity index is 1.13. The largest absolute Gasteiger partial charge is 0.366 e. The van der Waals surface area contributed by atoms with Gasteiger partial charge >= 0.3 is 0 Å². The van der Waals surface area contributed by atoms with Crippen LogP contribution >= 0.6 is 0 Å². The lowest BCUT2D eigenvalue weighted by Crippen LogP contribution is -2.37. The monoisotopic (exact) mass is 698 g/mol. The molecule has 4 N–H and O–H groups in total. The summed E-state index contributed by atoms with van der Waals surface area (Å²) in [5, 5.41) is 7.14. The molecule has 9 heterocycles. The van der Waals surface area contributed by atoms with Crippen molar-refractivity contribution in [2.24, 2.45) is 11.8 Å². The van der Waals surface area contributed by atoms with E-state index in [4.69, 9.17) is 0 Å². The van der Waals surface area contributed by atoms with Crippen molar-refractivity contribution in [3.05, 3.63) is 82.4 Å². The Morgan fingerprint density at radius 2 is 0.904 bits per heavy atom. The van der Waals surface area contributed by atoms with Crippen LogP contribution in [0, 0.1) is 11.8 Å². The Hall–Kier alpha value is -5.12. The van der Waals surface area contributed by atoms with Gasteiger partial charge in [0, 0.05) is 70.5 Å². The van der Waals surface area contributed by atoms with Crippen molar-refractivity contribution in [1.82, 2.24) is 30.4 Å². The third kappa shape index (κ3) is 5.72. The van der Waals surface area contributed by atoms with Crippen molar-refractivity contribution in [2.45, 2.75) is 77.0 Å². The van der Waals surface area contributed by atoms with Crippen molar-refractivity contribution in [3.63, 3.8) is 0 Å². The van der Waals surface area contributed by atoms with Crippen molar-refractivity contribution in [1.29, 1.82) is 0 Å². The number of fused-ring (bicyclic) bond motifs is 4. The quantitative estimate of drug-likeness (QED) is 0.168. The number of nitrogens with zero attached hydrogens (tertiary/aromatic N) is 2. The number of H-pyrrole nitrogens is 2. The minimum atomic E-state index is -0.340. The van der Waals surface area contributed by atoms with E-state index in [9.17, 15) is 19.2 Å². The summed E-state index contributed by atoms with van der Waals surface area (Å²) in [5.74, 6) is -0.0266. The number of para-hydroxylation sites is 2. The van der Waals surface area contributed by atoms with E-state index in [0.29, 0.717) is 53.6 Å². The molecule has 2 fully saturated rings. The third-order valence-corrected chi connectivity index (χ3v) is 12.3. The molecule has 0 atom stereocenters. The summed E-state index contributed by atoms with van der Waals surface area (Å²) >= 11 is 0. The van der Waals surface area contributed by atoms with Crippen LogP contribution in [0.2, 0.25) is 0 Å². The Morgan fingerprint density at radius 3 is 1.35 bits per heavy atom. The number of carbonyl (C=O) groups is 4. The molecule has 52 heavy (non-hydrogen) atoms. The predicted octanol–water partition coefficient (Wildman–Crippen LogP) is 5.95. The van der Waals surface area contributed by atoms with Gasteiger partial charge in [0.25, 0.3) is 23.6 Å². The number of carbonyl (C=O) groups excluding carboxylic acids is 4. The third-order valence-electron chi connectivity index (χ3n) is 12.3. The van der Waals surface area contributed by atoms with Gasteiger partial charge in [-0.3, -0.25) is 29.8 Å². The van der Waals surface area contributed by atoms with Gasteiger partial charge < -0.3 is 19.8 Å². The zero-order valence-electron chi connectivity index (χ0n) is 29.6. The van der Waals surface area contributed by atoms with Gasteiger partial charge in [-0.2, -0.15) is 0 Å². The smallest absolute Gasteiger partial charge is 0.275 e. The molecule has 0 spiro atoms. The lowest BCUT2D eigenvalue weighted by Gasteiger charge is -2.34. The van der Waals surface area contributed by atoms with Gasteiger partial charge in [-0.25, -0.2) is 0 Å². The van der Waals surface area contributed by atoms with Crippen molar-refractivity contribution in [3.8, 4) is 0 Å². The van der Waals surface area contributed by atoms with E-state index in [2.05, 4.69) is 30.4 Å². The summed E-state index contributed by atoms with van der Waals surface area (Å²) in [6.45, 7) is 3.10. The van der Waals surface area contributed by atoms with Gasteiger partial charge in [0.05, 0.1) is 11.1 Å². The van der Waals surface area contributed by atoms with Crippen LogP contribution in [-0.4, -0.2) is 69.6 Å². The summed E-state index contributed by atoms with van der Waals surface area (Å²) in [6.07, 6.45) is 12.1. The number of aromatic nitrogens is 2. The Morgan fingerprint density at radius 1 is 0.481 bits per heavy atom. The molecule has 2 aromatic carbocycles. The SMILES string of the molecule is O=C1NC(=O)C2=C1c1c([nH]c3ccccc13)CCCc1[nH]c3ccccc3c1C1=C(C(=O)NC1=O)N1CCC(CCCCCC3CCN2CC3)CC1. The van der Waals surface area contributed by atoms with Gasteiger partial charge in [-0.15, -0.1) is 0 Å². The molecule has 7 aliphatic rings. The Bertz CT molecular complexity index is 2020. The molecule has 0 radical (unpaired) electrons. The van der Waals surface area contributed by atoms with Crippen LogP contribution in [0.15, 0.2) is 59.9 Å². The van der Waals surface area contributed by atoms with Crippen LogP contribution in [0.25, 0.3) is 33.0 Å². The Kier molecular flexibility index (Phi) is 8.48. The molecule has 4 amide bonds. The molecular formula is C42H46N6O4. The van der Waals surface area contributed by atoms with Gasteiger partial charge in [-0.1, -0.05) is 68.5 Å². The predicted molar refractivity (Wildman–Crippen MR) is 200 cm³/mol. The van der Waals surface area contributed by atoms with E-state index in [0.717, 1.165) is 96.2 Å². The van der Waals surface area contributed by atoms with E-state index < -0.39 is 0 Å². The second-order valence-corrected chi connectivity index (χ2v) is 15.4. The fourth-order valence-corrected chi connectivity index (χ4v) is 9.68. The normalized spacial score (nSPS) is 23.5. The molecule has 10 heteroatoms. The summed E-state index contributed by atoms with van der Waals surface area (Å²) in [7, 11) is 0. The molecule has 0 saturated carbocycles. The van der Waals surface area contributed by atoms with Crippen molar-refractivity contribution in [2.75, 3.05) is 26.2 Å².